The van der Waals surface area contributed by atoms with Crippen molar-refractivity contribution in [3.63, 3.8) is 0 Å². The largest absolute Gasteiger partial charge is 0.339 e. The third-order valence-electron chi connectivity index (χ3n) is 4.59. The van der Waals surface area contributed by atoms with Gasteiger partial charge in [-0.15, -0.1) is 12.4 Å². The summed E-state index contributed by atoms with van der Waals surface area (Å²) in [5, 5.41) is 0. The molecule has 0 radical (unpaired) electrons. The minimum Gasteiger partial charge on any atom is -0.339 e. The van der Waals surface area contributed by atoms with E-state index in [1.165, 1.54) is 0 Å². The number of nitrogens with two attached hydrogens (primary N) is 1. The maximum Gasteiger partial charge on any atom is 0.223 e. The van der Waals surface area contributed by atoms with Gasteiger partial charge in [-0.05, 0) is 31.6 Å². The molecule has 0 spiro atoms. The SMILES string of the molecule is CCCN(C(=O)C[C@@H]1CCC[C@H]1N)C1CCS(=O)(=O)C1.Cl. The van der Waals surface area contributed by atoms with Crippen molar-refractivity contribution in [1.82, 2.24) is 4.90 Å². The van der Waals surface area contributed by atoms with Gasteiger partial charge in [0.25, 0.3) is 0 Å². The molecule has 1 aliphatic carbocycles. The minimum atomic E-state index is -2.95. The van der Waals surface area contributed by atoms with Crippen LogP contribution in [-0.2, 0) is 14.6 Å². The maximum absolute atomic E-state index is 12.5. The van der Waals surface area contributed by atoms with Crippen LogP contribution in [0.1, 0.15) is 45.4 Å². The van der Waals surface area contributed by atoms with Gasteiger partial charge in [0.1, 0.15) is 0 Å². The van der Waals surface area contributed by atoms with E-state index >= 15 is 0 Å². The molecular weight excluding hydrogens is 312 g/mol. The molecule has 2 N–H and O–H groups in total. The summed E-state index contributed by atoms with van der Waals surface area (Å²) in [7, 11) is -2.95. The molecule has 1 unspecified atom stereocenters. The fourth-order valence-electron chi connectivity index (χ4n) is 3.43. The Morgan fingerprint density at radius 2 is 2.00 bits per heavy atom. The Bertz CT molecular complexity index is 455. The van der Waals surface area contributed by atoms with Crippen LogP contribution in [0.3, 0.4) is 0 Å². The van der Waals surface area contributed by atoms with Crippen LogP contribution < -0.4 is 5.73 Å². The highest BCUT2D eigenvalue weighted by atomic mass is 35.5. The normalized spacial score (nSPS) is 30.9. The standard InChI is InChI=1S/C14H26N2O3S.ClH/c1-2-7-16(12-6-8-20(18,19)10-12)14(17)9-11-4-3-5-13(11)15;/h11-13H,2-10,15H2,1H3;1H/t11-,12?,13+;/m0./s1. The lowest BCUT2D eigenvalue weighted by Crippen LogP contribution is -2.43. The van der Waals surface area contributed by atoms with Crippen LogP contribution in [0.15, 0.2) is 0 Å². The number of halogens is 1. The van der Waals surface area contributed by atoms with Crippen molar-refractivity contribution in [3.05, 3.63) is 0 Å². The molecule has 2 fully saturated rings. The summed E-state index contributed by atoms with van der Waals surface area (Å²) in [4.78, 5) is 14.3. The predicted molar refractivity (Wildman–Crippen MR) is 86.2 cm³/mol. The summed E-state index contributed by atoms with van der Waals surface area (Å²) in [6.45, 7) is 2.67. The molecule has 3 atom stereocenters. The lowest BCUT2D eigenvalue weighted by molar-refractivity contribution is -0.134. The van der Waals surface area contributed by atoms with Crippen molar-refractivity contribution in [2.24, 2.45) is 11.7 Å². The zero-order chi connectivity index (χ0) is 14.8. The van der Waals surface area contributed by atoms with Crippen LogP contribution in [0.4, 0.5) is 0 Å². The van der Waals surface area contributed by atoms with Gasteiger partial charge in [0.05, 0.1) is 11.5 Å². The molecule has 1 heterocycles. The number of sulfone groups is 1. The van der Waals surface area contributed by atoms with Gasteiger partial charge >= 0.3 is 0 Å². The molecule has 1 saturated carbocycles. The fraction of sp³-hybridized carbons (Fsp3) is 0.929. The number of hydrogen-bond donors (Lipinski definition) is 1. The molecule has 0 aromatic carbocycles. The Balaban J connectivity index is 0.00000220. The minimum absolute atomic E-state index is 0. The first kappa shape index (κ1) is 18.7. The number of carbonyl (C=O) groups excluding carboxylic acids is 1. The summed E-state index contributed by atoms with van der Waals surface area (Å²) < 4.78 is 23.2. The molecule has 1 aliphatic heterocycles. The highest BCUT2D eigenvalue weighted by molar-refractivity contribution is 7.91. The number of carbonyl (C=O) groups is 1. The molecule has 7 heteroatoms. The average Bonchev–Trinajstić information content (AvgIpc) is 2.93. The van der Waals surface area contributed by atoms with Crippen molar-refractivity contribution in [2.75, 3.05) is 18.1 Å². The Morgan fingerprint density at radius 3 is 2.48 bits per heavy atom. The lowest BCUT2D eigenvalue weighted by atomic mass is 9.99. The number of rotatable bonds is 5. The van der Waals surface area contributed by atoms with Gasteiger partial charge in [-0.25, -0.2) is 8.42 Å². The van der Waals surface area contributed by atoms with Crippen LogP contribution in [0.25, 0.3) is 0 Å². The molecule has 124 valence electrons. The van der Waals surface area contributed by atoms with Crippen molar-refractivity contribution >= 4 is 28.2 Å². The van der Waals surface area contributed by atoms with Gasteiger partial charge in [-0.3, -0.25) is 4.79 Å². The first-order chi connectivity index (χ1) is 9.43. The van der Waals surface area contributed by atoms with Crippen LogP contribution >= 0.6 is 12.4 Å². The summed E-state index contributed by atoms with van der Waals surface area (Å²) in [6, 6.07) is 0.0137. The summed E-state index contributed by atoms with van der Waals surface area (Å²) >= 11 is 0. The molecule has 0 aromatic rings. The third kappa shape index (κ3) is 4.83. The van der Waals surface area contributed by atoms with E-state index in [-0.39, 0.29) is 47.8 Å². The monoisotopic (exact) mass is 338 g/mol. The van der Waals surface area contributed by atoms with Crippen molar-refractivity contribution in [1.29, 1.82) is 0 Å². The highest BCUT2D eigenvalue weighted by Crippen LogP contribution is 2.28. The van der Waals surface area contributed by atoms with Crippen LogP contribution in [0.2, 0.25) is 0 Å². The zero-order valence-corrected chi connectivity index (χ0v) is 14.3. The topological polar surface area (TPSA) is 80.5 Å². The van der Waals surface area contributed by atoms with Gasteiger partial charge in [-0.2, -0.15) is 0 Å². The Kier molecular flexibility index (Phi) is 6.94. The third-order valence-corrected chi connectivity index (χ3v) is 6.34. The van der Waals surface area contributed by atoms with Gasteiger partial charge < -0.3 is 10.6 Å². The van der Waals surface area contributed by atoms with E-state index in [0.717, 1.165) is 25.7 Å². The van der Waals surface area contributed by atoms with Gasteiger partial charge in [0.15, 0.2) is 9.84 Å². The van der Waals surface area contributed by atoms with Gasteiger partial charge in [-0.1, -0.05) is 13.3 Å². The molecule has 1 saturated heterocycles. The van der Waals surface area contributed by atoms with E-state index in [4.69, 9.17) is 5.73 Å². The Labute approximate surface area is 134 Å². The highest BCUT2D eigenvalue weighted by Gasteiger charge is 2.35. The maximum atomic E-state index is 12.5. The molecule has 2 aliphatic rings. The smallest absolute Gasteiger partial charge is 0.223 e. The molecule has 2 rings (SSSR count). The summed E-state index contributed by atoms with van der Waals surface area (Å²) in [5.41, 5.74) is 6.03. The van der Waals surface area contributed by atoms with E-state index in [0.29, 0.717) is 19.4 Å². The second-order valence-corrected chi connectivity index (χ2v) is 8.43. The van der Waals surface area contributed by atoms with Crippen LogP contribution in [0.5, 0.6) is 0 Å². The molecule has 1 amide bonds. The van der Waals surface area contributed by atoms with Crippen LogP contribution in [0, 0.1) is 5.92 Å². The van der Waals surface area contributed by atoms with Gasteiger partial charge in [0, 0.05) is 25.0 Å². The number of hydrogen-bond acceptors (Lipinski definition) is 4. The van der Waals surface area contributed by atoms with Crippen molar-refractivity contribution < 1.29 is 13.2 Å². The zero-order valence-electron chi connectivity index (χ0n) is 12.7. The molecule has 0 bridgehead atoms. The van der Waals surface area contributed by atoms with E-state index in [1.807, 2.05) is 6.92 Å². The van der Waals surface area contributed by atoms with Gasteiger partial charge in [0.2, 0.25) is 5.91 Å². The molecule has 21 heavy (non-hydrogen) atoms. The van der Waals surface area contributed by atoms with Crippen LogP contribution in [-0.4, -0.2) is 49.4 Å². The van der Waals surface area contributed by atoms with E-state index in [1.54, 1.807) is 4.90 Å². The van der Waals surface area contributed by atoms with Crippen molar-refractivity contribution in [2.45, 2.75) is 57.5 Å². The lowest BCUT2D eigenvalue weighted by Gasteiger charge is -2.29. The van der Waals surface area contributed by atoms with Crippen molar-refractivity contribution in [3.8, 4) is 0 Å². The fourth-order valence-corrected chi connectivity index (χ4v) is 5.16. The second kappa shape index (κ2) is 7.79. The number of amides is 1. The first-order valence-corrected chi connectivity index (χ1v) is 9.50. The second-order valence-electron chi connectivity index (χ2n) is 6.20. The predicted octanol–water partition coefficient (Wildman–Crippen LogP) is 1.35. The summed E-state index contributed by atoms with van der Waals surface area (Å²) in [5.74, 6) is 0.722. The summed E-state index contributed by atoms with van der Waals surface area (Å²) in [6.07, 6.45) is 5.06. The van der Waals surface area contributed by atoms with E-state index in [9.17, 15) is 13.2 Å². The van der Waals surface area contributed by atoms with E-state index < -0.39 is 9.84 Å². The molecular formula is C14H27ClN2O3S. The Morgan fingerprint density at radius 1 is 1.29 bits per heavy atom. The first-order valence-electron chi connectivity index (χ1n) is 7.68. The Hall–Kier alpha value is -0.330. The van der Waals surface area contributed by atoms with E-state index in [2.05, 4.69) is 0 Å². The molecule has 0 aromatic heterocycles. The average molecular weight is 339 g/mol. The number of nitrogens with zero attached hydrogens (tertiary/aromatic N) is 1. The quantitative estimate of drug-likeness (QED) is 0.820. The molecule has 5 nitrogen and oxygen atoms in total.